The maximum atomic E-state index is 13.2. The van der Waals surface area contributed by atoms with Gasteiger partial charge in [0.1, 0.15) is 17.8 Å². The van der Waals surface area contributed by atoms with E-state index >= 15 is 0 Å². The van der Waals surface area contributed by atoms with Crippen LogP contribution in [0.15, 0.2) is 22.3 Å². The predicted octanol–water partition coefficient (Wildman–Crippen LogP) is 11.4. The molecule has 5 N–H and O–H groups in total. The van der Waals surface area contributed by atoms with Crippen LogP contribution in [0, 0.1) is 52.3 Å². The summed E-state index contributed by atoms with van der Waals surface area (Å²) in [4.78, 5) is 49.2. The van der Waals surface area contributed by atoms with Crippen molar-refractivity contribution in [3.05, 3.63) is 22.3 Å². The second kappa shape index (κ2) is 37.2. The molecule has 0 aromatic heterocycles. The number of carbonyl (C=O) groups excluding carboxylic acids is 3. The van der Waals surface area contributed by atoms with Crippen LogP contribution in [0.5, 0.6) is 0 Å². The average molecular weight is 1230 g/mol. The van der Waals surface area contributed by atoms with Gasteiger partial charge in [0.2, 0.25) is 0 Å². The first kappa shape index (κ1) is 80.8. The first-order valence-electron chi connectivity index (χ1n) is 31.8. The number of carboxylic acids is 1. The number of amides is 1. The van der Waals surface area contributed by atoms with E-state index in [1.165, 1.54) is 5.57 Å². The summed E-state index contributed by atoms with van der Waals surface area (Å²) in [6, 6.07) is -0.869. The number of carbonyl (C=O) groups is 4. The number of methoxy groups -OCH3 is 3. The molecule has 3 saturated heterocycles. The Hall–Kier alpha value is -3.24. The molecule has 19 heteroatoms. The summed E-state index contributed by atoms with van der Waals surface area (Å²) in [6.07, 6.45) is -1.22. The van der Waals surface area contributed by atoms with Crippen molar-refractivity contribution in [3.8, 4) is 0 Å². The highest BCUT2D eigenvalue weighted by molar-refractivity contribution is 5.77. The van der Waals surface area contributed by atoms with Crippen LogP contribution in [0.4, 0.5) is 4.79 Å². The van der Waals surface area contributed by atoms with Gasteiger partial charge in [0, 0.05) is 44.0 Å². The Labute approximate surface area is 519 Å². The molecule has 17 atom stereocenters. The van der Waals surface area contributed by atoms with Crippen LogP contribution in [0.25, 0.3) is 0 Å². The van der Waals surface area contributed by atoms with E-state index in [1.807, 2.05) is 62.3 Å². The summed E-state index contributed by atoms with van der Waals surface area (Å²) in [7, 11) is 4.93. The van der Waals surface area contributed by atoms with Crippen molar-refractivity contribution < 1.29 is 87.0 Å². The first-order chi connectivity index (χ1) is 39.7. The minimum Gasteiger partial charge on any atom is -0.479 e. The Kier molecular flexibility index (Phi) is 34.9. The van der Waals surface area contributed by atoms with Gasteiger partial charge in [-0.3, -0.25) is 0 Å². The first-order valence-corrected chi connectivity index (χ1v) is 31.8. The number of aliphatic hydroxyl groups is 3. The number of rotatable bonds is 29. The van der Waals surface area contributed by atoms with Gasteiger partial charge in [-0.25, -0.2) is 19.2 Å². The lowest BCUT2D eigenvalue weighted by Gasteiger charge is -2.50. The number of nitrogens with one attached hydrogen (secondary N) is 1. The molecule has 3 fully saturated rings. The number of aliphatic hydroxyl groups excluding tert-OH is 3. The normalized spacial score (nSPS) is 26.7. The Bertz CT molecular complexity index is 2100. The number of carboxylic acid groups (broad SMARTS) is 1. The van der Waals surface area contributed by atoms with Crippen molar-refractivity contribution in [2.75, 3.05) is 41.2 Å². The monoisotopic (exact) mass is 1230 g/mol. The van der Waals surface area contributed by atoms with Crippen LogP contribution >= 0.6 is 0 Å². The summed E-state index contributed by atoms with van der Waals surface area (Å²) in [5, 5.41) is 43.6. The zero-order chi connectivity index (χ0) is 66.5. The fourth-order valence-corrected chi connectivity index (χ4v) is 12.2. The quantitative estimate of drug-likeness (QED) is 0.0265. The molecule has 1 amide bonds. The zero-order valence-corrected chi connectivity index (χ0v) is 58.1. The fourth-order valence-electron chi connectivity index (χ4n) is 12.2. The third-order valence-corrected chi connectivity index (χ3v) is 17.6. The number of alkyl carbamates (subject to hydrolysis) is 1. The molecular weight excluding hydrogens is 1110 g/mol. The van der Waals surface area contributed by atoms with Gasteiger partial charge in [0.15, 0.2) is 24.6 Å². The van der Waals surface area contributed by atoms with Crippen molar-refractivity contribution in [3.63, 3.8) is 0 Å². The van der Waals surface area contributed by atoms with Crippen LogP contribution in [-0.2, 0) is 61.8 Å². The van der Waals surface area contributed by atoms with Gasteiger partial charge in [-0.05, 0) is 148 Å². The van der Waals surface area contributed by atoms with Gasteiger partial charge < -0.3 is 73.1 Å². The van der Waals surface area contributed by atoms with Crippen LogP contribution in [0.1, 0.15) is 204 Å². The average Bonchev–Trinajstić information content (AvgIpc) is 1.80. The van der Waals surface area contributed by atoms with Gasteiger partial charge in [-0.15, -0.1) is 0 Å². The third kappa shape index (κ3) is 25.2. The van der Waals surface area contributed by atoms with E-state index in [0.29, 0.717) is 44.5 Å². The molecule has 0 spiro atoms. The molecule has 0 saturated carbocycles. The summed E-state index contributed by atoms with van der Waals surface area (Å²) >= 11 is 0. The van der Waals surface area contributed by atoms with Crippen LogP contribution in [0.2, 0.25) is 0 Å². The molecule has 0 radical (unpaired) electrons. The SMILES string of the molecule is CC[C@@H]1OC(COC)O[C@@H]([C@@H](C)/C(C)=C(\C)[C@H](C)OC(=O)C2OC(COC)C[C@H]2CC(C)C)C1(C)C.CC[C@H](O)C(C)(C)[C@@H](O)[C@@H](C)/C(C)=C(\C)[C@H](C)OC(=O)C(O)[C@H](CC(C)C)NC(=O)OC(C)(C)C.COCC1C[C@@H](CC(C)C)C(C(=O)O)O1. The van der Waals surface area contributed by atoms with Gasteiger partial charge >= 0.3 is 24.0 Å². The lowest BCUT2D eigenvalue weighted by atomic mass is 9.71. The molecular formula is C67H123NO18. The summed E-state index contributed by atoms with van der Waals surface area (Å²) in [6.45, 7) is 46.6. The topological polar surface area (TPSA) is 254 Å². The lowest BCUT2D eigenvalue weighted by Crippen LogP contribution is -2.55. The Balaban J connectivity index is 0.000000696. The minimum atomic E-state index is -1.57. The van der Waals surface area contributed by atoms with Gasteiger partial charge in [0.25, 0.3) is 0 Å². The highest BCUT2D eigenvalue weighted by Gasteiger charge is 2.49. The van der Waals surface area contributed by atoms with Crippen molar-refractivity contribution in [2.24, 2.45) is 52.3 Å². The largest absolute Gasteiger partial charge is 0.479 e. The number of hydrogen-bond acceptors (Lipinski definition) is 17. The Morgan fingerprint density at radius 1 is 0.640 bits per heavy atom. The van der Waals surface area contributed by atoms with E-state index in [-0.39, 0.29) is 77.8 Å². The highest BCUT2D eigenvalue weighted by atomic mass is 16.7. The molecule has 0 bridgehead atoms. The second-order valence-electron chi connectivity index (χ2n) is 28.1. The predicted molar refractivity (Wildman–Crippen MR) is 334 cm³/mol. The van der Waals surface area contributed by atoms with Gasteiger partial charge in [-0.2, -0.15) is 0 Å². The zero-order valence-electron chi connectivity index (χ0n) is 58.1. The van der Waals surface area contributed by atoms with Crippen molar-refractivity contribution in [2.45, 2.75) is 289 Å². The lowest BCUT2D eigenvalue weighted by molar-refractivity contribution is -0.310. The second-order valence-corrected chi connectivity index (χ2v) is 28.1. The maximum absolute atomic E-state index is 13.2. The highest BCUT2D eigenvalue weighted by Crippen LogP contribution is 2.44. The Morgan fingerprint density at radius 2 is 1.12 bits per heavy atom. The fraction of sp³-hybridized carbons (Fsp3) is 0.881. The maximum Gasteiger partial charge on any atom is 0.407 e. The number of ether oxygens (including phenoxy) is 10. The summed E-state index contributed by atoms with van der Waals surface area (Å²) in [5.41, 5.74) is 2.19. The Morgan fingerprint density at radius 3 is 1.56 bits per heavy atom. The molecule has 504 valence electrons. The van der Waals surface area contributed by atoms with E-state index in [1.54, 1.807) is 49.0 Å². The van der Waals surface area contributed by atoms with Crippen LogP contribution in [-0.4, -0.2) is 171 Å². The van der Waals surface area contributed by atoms with Crippen LogP contribution < -0.4 is 5.32 Å². The molecule has 0 aromatic carbocycles. The van der Waals surface area contributed by atoms with Crippen LogP contribution in [0.3, 0.4) is 0 Å². The van der Waals surface area contributed by atoms with E-state index in [4.69, 9.17) is 52.5 Å². The number of hydrogen-bond donors (Lipinski definition) is 5. The van der Waals surface area contributed by atoms with Crippen molar-refractivity contribution in [1.82, 2.24) is 5.32 Å². The minimum absolute atomic E-state index is 0.0557. The van der Waals surface area contributed by atoms with Gasteiger partial charge in [0.05, 0.1) is 62.5 Å². The molecule has 3 aliphatic rings. The van der Waals surface area contributed by atoms with Gasteiger partial charge in [-0.1, -0.05) is 108 Å². The molecule has 0 aliphatic carbocycles. The van der Waals surface area contributed by atoms with E-state index in [2.05, 4.69) is 74.6 Å². The molecule has 19 nitrogen and oxygen atoms in total. The van der Waals surface area contributed by atoms with E-state index < -0.39 is 71.7 Å². The smallest absolute Gasteiger partial charge is 0.407 e. The molecule has 3 rings (SSSR count). The van der Waals surface area contributed by atoms with Crippen molar-refractivity contribution in [1.29, 1.82) is 0 Å². The standard InChI is InChI=1S/C29H52O7.C27H51NO7.C11H20O4/c1-12-24-29(8,9)27(36-25(35-24)16-32-11)20(6)18(4)19(5)21(7)33-28(30)26-22(13-17(2)3)14-23(34-26)15-31-10;1-13-21(29)27(11,12)23(31)18(6)16(4)17(5)19(7)34-24(32)22(30)20(14-15(2)3)28-25(33)35-26(8,9)10;1-7(2)4-8-5-9(6-14-3)15-10(8)11(12)13/h17,20-27H,12-16H2,1-11H3;15,18-23,29-31H,13-14H2,1-12H3,(H,28,33);7-10H,4-6H2,1-3H3,(H,12,13)/b19-18+;17-16+;/t20-,21-,22+,23?,24-,25?,26?,27-;18-,19-,20-,21-,22?,23-;8-,9?,10?/m001/s1. The third-order valence-electron chi connectivity index (χ3n) is 17.6. The number of aliphatic carboxylic acids is 1. The van der Waals surface area contributed by atoms with E-state index in [0.717, 1.165) is 48.8 Å². The number of esters is 2. The summed E-state index contributed by atoms with van der Waals surface area (Å²) in [5.74, 6) is -0.794. The van der Waals surface area contributed by atoms with Crippen molar-refractivity contribution >= 4 is 24.0 Å². The molecule has 0 aromatic rings. The molecule has 6 unspecified atom stereocenters. The molecule has 3 heterocycles. The van der Waals surface area contributed by atoms with E-state index in [9.17, 15) is 34.5 Å². The molecule has 86 heavy (non-hydrogen) atoms. The summed E-state index contributed by atoms with van der Waals surface area (Å²) < 4.78 is 56.5. The molecule has 3 aliphatic heterocycles.